The largest absolute Gasteiger partial charge is 0.508 e. The van der Waals surface area contributed by atoms with Crippen LogP contribution in [-0.4, -0.2) is 65.2 Å². The van der Waals surface area contributed by atoms with Crippen molar-refractivity contribution in [3.8, 4) is 5.75 Å². The molecule has 0 bridgehead atoms. The topological polar surface area (TPSA) is 134 Å². The molecule has 0 radical (unpaired) electrons. The zero-order valence-electron chi connectivity index (χ0n) is 23.9. The Morgan fingerprint density at radius 3 is 2.27 bits per heavy atom. The van der Waals surface area contributed by atoms with E-state index in [4.69, 9.17) is 4.74 Å². The number of hydrogen-bond donors (Lipinski definition) is 3. The van der Waals surface area contributed by atoms with Crippen LogP contribution in [0.4, 0.5) is 4.79 Å². The number of methoxy groups -OCH3 is 1. The molecule has 3 N–H and O–H groups in total. The number of aromatic hydroxyl groups is 1. The van der Waals surface area contributed by atoms with Crippen LogP contribution in [0.5, 0.6) is 5.75 Å². The number of rotatable bonds is 11. The third-order valence-corrected chi connectivity index (χ3v) is 5.80. The van der Waals surface area contributed by atoms with Gasteiger partial charge in [-0.25, -0.2) is 4.79 Å². The van der Waals surface area contributed by atoms with Gasteiger partial charge in [-0.2, -0.15) is 0 Å². The van der Waals surface area contributed by atoms with Crippen molar-refractivity contribution >= 4 is 30.0 Å². The first-order chi connectivity index (χ1) is 18.7. The molecular weight excluding hydrogens is 514 g/mol. The second-order valence-electron chi connectivity index (χ2n) is 10.5. The van der Waals surface area contributed by atoms with E-state index in [9.17, 15) is 24.3 Å². The van der Waals surface area contributed by atoms with Crippen LogP contribution in [0, 0.1) is 0 Å². The predicted molar refractivity (Wildman–Crippen MR) is 151 cm³/mol. The molecule has 0 fully saturated rings. The standard InChI is InChI=1S/C30H39N3O7/c1-8-20-10-9-11-22(16-20)26(27(36)31-18-25(35)39-7)33(19(2)3)28(37)24(32-29(38)40-30(4,5)6)17-21-12-14-23(34)15-13-21/h8-16,19,24,26,34H,1,17-18H2,2-7H3,(H,31,36)(H,32,38). The van der Waals surface area contributed by atoms with Gasteiger partial charge in [0.15, 0.2) is 0 Å². The van der Waals surface area contributed by atoms with E-state index in [2.05, 4.69) is 21.9 Å². The van der Waals surface area contributed by atoms with Crippen LogP contribution in [0.15, 0.2) is 55.1 Å². The summed E-state index contributed by atoms with van der Waals surface area (Å²) in [6, 6.07) is 10.4. The van der Waals surface area contributed by atoms with Gasteiger partial charge in [0.25, 0.3) is 0 Å². The second-order valence-corrected chi connectivity index (χ2v) is 10.5. The molecule has 40 heavy (non-hydrogen) atoms. The number of nitrogens with zero attached hydrogens (tertiary/aromatic N) is 1. The molecule has 10 nitrogen and oxygen atoms in total. The van der Waals surface area contributed by atoms with Gasteiger partial charge in [0.2, 0.25) is 11.8 Å². The molecule has 0 aromatic heterocycles. The first-order valence-corrected chi connectivity index (χ1v) is 12.9. The van der Waals surface area contributed by atoms with E-state index in [0.717, 1.165) is 5.56 Å². The first-order valence-electron chi connectivity index (χ1n) is 12.9. The van der Waals surface area contributed by atoms with Gasteiger partial charge < -0.3 is 30.1 Å². The Morgan fingerprint density at radius 2 is 1.73 bits per heavy atom. The number of carbonyl (C=O) groups is 4. The zero-order chi connectivity index (χ0) is 30.0. The van der Waals surface area contributed by atoms with Crippen molar-refractivity contribution in [2.75, 3.05) is 13.7 Å². The number of benzene rings is 2. The molecule has 2 unspecified atom stereocenters. The van der Waals surface area contributed by atoms with Gasteiger partial charge in [-0.3, -0.25) is 14.4 Å². The lowest BCUT2D eigenvalue weighted by Crippen LogP contribution is -2.56. The monoisotopic (exact) mass is 553 g/mol. The van der Waals surface area contributed by atoms with E-state index in [0.29, 0.717) is 11.1 Å². The van der Waals surface area contributed by atoms with E-state index in [1.165, 1.54) is 24.1 Å². The predicted octanol–water partition coefficient (Wildman–Crippen LogP) is 3.74. The van der Waals surface area contributed by atoms with Crippen LogP contribution in [0.3, 0.4) is 0 Å². The maximum Gasteiger partial charge on any atom is 0.408 e. The number of ether oxygens (including phenoxy) is 2. The van der Waals surface area contributed by atoms with Crippen LogP contribution >= 0.6 is 0 Å². The summed E-state index contributed by atoms with van der Waals surface area (Å²) in [4.78, 5) is 53.7. The Kier molecular flexibility index (Phi) is 11.3. The Labute approximate surface area is 235 Å². The summed E-state index contributed by atoms with van der Waals surface area (Å²) in [6.45, 7) is 12.0. The summed E-state index contributed by atoms with van der Waals surface area (Å²) in [5.74, 6) is -1.74. The molecule has 0 heterocycles. The Bertz CT molecular complexity index is 1200. The van der Waals surface area contributed by atoms with E-state index < -0.39 is 47.6 Å². The maximum absolute atomic E-state index is 14.2. The van der Waals surface area contributed by atoms with Crippen molar-refractivity contribution in [3.05, 3.63) is 71.8 Å². The minimum atomic E-state index is -1.15. The van der Waals surface area contributed by atoms with Gasteiger partial charge >= 0.3 is 12.1 Å². The average molecular weight is 554 g/mol. The Balaban J connectivity index is 2.57. The summed E-state index contributed by atoms with van der Waals surface area (Å²) < 4.78 is 10.1. The molecule has 0 saturated heterocycles. The first kappa shape index (κ1) is 31.9. The van der Waals surface area contributed by atoms with E-state index >= 15 is 0 Å². The van der Waals surface area contributed by atoms with Gasteiger partial charge in [-0.15, -0.1) is 0 Å². The SMILES string of the molecule is C=Cc1cccc(C(C(=O)NCC(=O)OC)N(C(=O)C(Cc2ccc(O)cc2)NC(=O)OC(C)(C)C)C(C)C)c1. The molecule has 10 heteroatoms. The molecule has 0 spiro atoms. The van der Waals surface area contributed by atoms with Crippen molar-refractivity contribution in [2.24, 2.45) is 0 Å². The van der Waals surface area contributed by atoms with E-state index in [-0.39, 0.29) is 18.7 Å². The number of nitrogens with one attached hydrogen (secondary N) is 2. The molecule has 2 aromatic carbocycles. The fourth-order valence-electron chi connectivity index (χ4n) is 4.00. The van der Waals surface area contributed by atoms with Crippen LogP contribution in [-0.2, 0) is 30.3 Å². The van der Waals surface area contributed by atoms with Crippen LogP contribution < -0.4 is 10.6 Å². The molecule has 0 aliphatic carbocycles. The summed E-state index contributed by atoms with van der Waals surface area (Å²) in [7, 11) is 1.21. The highest BCUT2D eigenvalue weighted by Gasteiger charge is 2.38. The molecule has 2 rings (SSSR count). The molecule has 216 valence electrons. The lowest BCUT2D eigenvalue weighted by Gasteiger charge is -2.37. The lowest BCUT2D eigenvalue weighted by atomic mass is 9.97. The number of carbonyl (C=O) groups excluding carboxylic acids is 4. The minimum absolute atomic E-state index is 0.0555. The second kappa shape index (κ2) is 14.2. The van der Waals surface area contributed by atoms with Gasteiger partial charge in [-0.1, -0.05) is 43.0 Å². The molecule has 2 aromatic rings. The van der Waals surface area contributed by atoms with Crippen molar-refractivity contribution < 1.29 is 33.8 Å². The normalized spacial score (nSPS) is 12.6. The highest BCUT2D eigenvalue weighted by Crippen LogP contribution is 2.27. The Morgan fingerprint density at radius 1 is 1.07 bits per heavy atom. The minimum Gasteiger partial charge on any atom is -0.508 e. The van der Waals surface area contributed by atoms with Crippen molar-refractivity contribution in [1.29, 1.82) is 0 Å². The average Bonchev–Trinajstić information content (AvgIpc) is 2.89. The highest BCUT2D eigenvalue weighted by atomic mass is 16.6. The fourth-order valence-corrected chi connectivity index (χ4v) is 4.00. The smallest absolute Gasteiger partial charge is 0.408 e. The lowest BCUT2D eigenvalue weighted by molar-refractivity contribution is -0.146. The van der Waals surface area contributed by atoms with E-state index in [1.807, 2.05) is 0 Å². The van der Waals surface area contributed by atoms with Crippen molar-refractivity contribution in [2.45, 2.75) is 64.8 Å². The zero-order valence-corrected chi connectivity index (χ0v) is 23.9. The molecule has 3 amide bonds. The van der Waals surface area contributed by atoms with Crippen LogP contribution in [0.2, 0.25) is 0 Å². The number of amides is 3. The third-order valence-electron chi connectivity index (χ3n) is 5.80. The molecule has 0 aliphatic rings. The number of hydrogen-bond acceptors (Lipinski definition) is 7. The summed E-state index contributed by atoms with van der Waals surface area (Å²) in [5, 5.41) is 14.9. The summed E-state index contributed by atoms with van der Waals surface area (Å²) >= 11 is 0. The van der Waals surface area contributed by atoms with Crippen LogP contribution in [0.1, 0.15) is 57.4 Å². The summed E-state index contributed by atoms with van der Waals surface area (Å²) in [5.41, 5.74) is 1.07. The molecular formula is C30H39N3O7. The third kappa shape index (κ3) is 9.44. The summed E-state index contributed by atoms with van der Waals surface area (Å²) in [6.07, 6.45) is 0.880. The van der Waals surface area contributed by atoms with Gasteiger partial charge in [0.05, 0.1) is 7.11 Å². The number of alkyl carbamates (subject to hydrolysis) is 1. The van der Waals surface area contributed by atoms with Crippen molar-refractivity contribution in [3.63, 3.8) is 0 Å². The maximum atomic E-state index is 14.2. The van der Waals surface area contributed by atoms with Gasteiger partial charge in [0, 0.05) is 12.5 Å². The molecule has 0 saturated carbocycles. The van der Waals surface area contributed by atoms with E-state index in [1.54, 1.807) is 77.1 Å². The molecule has 2 atom stereocenters. The quantitative estimate of drug-likeness (QED) is 0.361. The number of phenolic OH excluding ortho intramolecular Hbond substituents is 1. The highest BCUT2D eigenvalue weighted by molar-refractivity contribution is 5.93. The molecule has 0 aliphatic heterocycles. The Hall–Kier alpha value is -4.34. The fraction of sp³-hybridized carbons (Fsp3) is 0.400. The van der Waals surface area contributed by atoms with Crippen LogP contribution in [0.25, 0.3) is 6.08 Å². The number of esters is 1. The van der Waals surface area contributed by atoms with Gasteiger partial charge in [0.1, 0.15) is 30.0 Å². The van der Waals surface area contributed by atoms with Gasteiger partial charge in [-0.05, 0) is 69.5 Å². The van der Waals surface area contributed by atoms with Crippen molar-refractivity contribution in [1.82, 2.24) is 15.5 Å². The number of phenols is 1.